The van der Waals surface area contributed by atoms with Gasteiger partial charge in [0.25, 0.3) is 5.91 Å². The molecule has 1 aliphatic rings. The van der Waals surface area contributed by atoms with Gasteiger partial charge in [-0.25, -0.2) is 4.98 Å². The number of ether oxygens (including phenoxy) is 1. The van der Waals surface area contributed by atoms with Gasteiger partial charge >= 0.3 is 0 Å². The molecule has 0 aliphatic carbocycles. The zero-order valence-corrected chi connectivity index (χ0v) is 11.2. The van der Waals surface area contributed by atoms with Crippen molar-refractivity contribution >= 4 is 21.8 Å². The number of rotatable bonds is 2. The fourth-order valence-electron chi connectivity index (χ4n) is 1.92. The first kappa shape index (κ1) is 12.5. The van der Waals surface area contributed by atoms with E-state index in [1.165, 1.54) is 0 Å². The molecular weight excluding hydrogens is 284 g/mol. The number of carbonyl (C=O) groups excluding carboxylic acids is 1. The lowest BCUT2D eigenvalue weighted by molar-refractivity contribution is 0.0136. The van der Waals surface area contributed by atoms with E-state index in [1.807, 2.05) is 6.92 Å². The van der Waals surface area contributed by atoms with Gasteiger partial charge in [0.2, 0.25) is 0 Å². The van der Waals surface area contributed by atoms with Gasteiger partial charge in [0.15, 0.2) is 0 Å². The first-order chi connectivity index (χ1) is 8.15. The molecule has 1 aromatic heterocycles. The van der Waals surface area contributed by atoms with E-state index in [-0.39, 0.29) is 18.1 Å². The summed E-state index contributed by atoms with van der Waals surface area (Å²) in [6.07, 6.45) is 1.94. The molecule has 0 aromatic carbocycles. The molecule has 0 bridgehead atoms. The number of aromatic nitrogens is 1. The number of carbonyl (C=O) groups is 1. The van der Waals surface area contributed by atoms with E-state index in [2.05, 4.69) is 26.2 Å². The van der Waals surface area contributed by atoms with Crippen LogP contribution in [-0.2, 0) is 4.74 Å². The standard InChI is InChI=1S/C12H15BrN2O2/c1-8-7-9(5-6-17-8)14-12(16)10-3-2-4-11(13)15-10/h2-4,8-9H,5-7H2,1H3,(H,14,16). The van der Waals surface area contributed by atoms with Gasteiger partial charge < -0.3 is 10.1 Å². The number of amides is 1. The van der Waals surface area contributed by atoms with Crippen molar-refractivity contribution in [3.05, 3.63) is 28.5 Å². The molecule has 0 radical (unpaired) electrons. The predicted molar refractivity (Wildman–Crippen MR) is 67.8 cm³/mol. The van der Waals surface area contributed by atoms with Crippen LogP contribution in [0.15, 0.2) is 22.8 Å². The minimum atomic E-state index is -0.120. The summed E-state index contributed by atoms with van der Waals surface area (Å²) in [5.41, 5.74) is 0.443. The Morgan fingerprint density at radius 3 is 3.12 bits per heavy atom. The van der Waals surface area contributed by atoms with Crippen LogP contribution < -0.4 is 5.32 Å². The Bertz CT molecular complexity index is 411. The molecule has 1 fully saturated rings. The first-order valence-corrected chi connectivity index (χ1v) is 6.49. The summed E-state index contributed by atoms with van der Waals surface area (Å²) in [5.74, 6) is -0.120. The third kappa shape index (κ3) is 3.51. The summed E-state index contributed by atoms with van der Waals surface area (Å²) in [5, 5.41) is 2.99. The Balaban J connectivity index is 1.97. The highest BCUT2D eigenvalue weighted by molar-refractivity contribution is 9.10. The van der Waals surface area contributed by atoms with Crippen LogP contribution in [0.3, 0.4) is 0 Å². The molecule has 2 unspecified atom stereocenters. The summed E-state index contributed by atoms with van der Waals surface area (Å²) >= 11 is 3.25. The molecule has 2 heterocycles. The van der Waals surface area contributed by atoms with Gasteiger partial charge in [-0.15, -0.1) is 0 Å². The molecule has 1 aliphatic heterocycles. The second kappa shape index (κ2) is 5.60. The van der Waals surface area contributed by atoms with Crippen molar-refractivity contribution in [1.29, 1.82) is 0 Å². The number of hydrogen-bond acceptors (Lipinski definition) is 3. The van der Waals surface area contributed by atoms with Crippen LogP contribution in [0.1, 0.15) is 30.3 Å². The van der Waals surface area contributed by atoms with E-state index in [1.54, 1.807) is 18.2 Å². The lowest BCUT2D eigenvalue weighted by atomic mass is 10.0. The van der Waals surface area contributed by atoms with Crippen molar-refractivity contribution < 1.29 is 9.53 Å². The van der Waals surface area contributed by atoms with Crippen LogP contribution in [0.4, 0.5) is 0 Å². The van der Waals surface area contributed by atoms with E-state index >= 15 is 0 Å². The highest BCUT2D eigenvalue weighted by Gasteiger charge is 2.21. The molecule has 92 valence electrons. The Labute approximate surface area is 109 Å². The molecule has 0 saturated carbocycles. The number of pyridine rings is 1. The van der Waals surface area contributed by atoms with Crippen LogP contribution in [0.2, 0.25) is 0 Å². The van der Waals surface area contributed by atoms with Gasteiger partial charge in [-0.2, -0.15) is 0 Å². The van der Waals surface area contributed by atoms with Crippen molar-refractivity contribution in [2.24, 2.45) is 0 Å². The second-order valence-corrected chi connectivity index (χ2v) is 5.03. The van der Waals surface area contributed by atoms with Gasteiger partial charge in [-0.05, 0) is 47.8 Å². The predicted octanol–water partition coefficient (Wildman–Crippen LogP) is 2.14. The Hall–Kier alpha value is -0.940. The van der Waals surface area contributed by atoms with Gasteiger partial charge in [0.05, 0.1) is 6.10 Å². The number of nitrogens with zero attached hydrogens (tertiary/aromatic N) is 1. The molecule has 0 spiro atoms. The SMILES string of the molecule is CC1CC(NC(=O)c2cccc(Br)n2)CCO1. The van der Waals surface area contributed by atoms with Gasteiger partial charge in [0, 0.05) is 12.6 Å². The third-order valence-electron chi connectivity index (χ3n) is 2.77. The molecule has 2 atom stereocenters. The molecular formula is C12H15BrN2O2. The number of halogens is 1. The van der Waals surface area contributed by atoms with Crippen molar-refractivity contribution in [1.82, 2.24) is 10.3 Å². The highest BCUT2D eigenvalue weighted by Crippen LogP contribution is 2.14. The normalized spacial score (nSPS) is 24.4. The highest BCUT2D eigenvalue weighted by atomic mass is 79.9. The summed E-state index contributed by atoms with van der Waals surface area (Å²) in [6, 6.07) is 5.50. The van der Waals surface area contributed by atoms with E-state index in [4.69, 9.17) is 4.74 Å². The van der Waals surface area contributed by atoms with Crippen LogP contribution in [0.5, 0.6) is 0 Å². The monoisotopic (exact) mass is 298 g/mol. The molecule has 5 heteroatoms. The minimum Gasteiger partial charge on any atom is -0.378 e. The maximum absolute atomic E-state index is 11.9. The average molecular weight is 299 g/mol. The van der Waals surface area contributed by atoms with E-state index in [0.717, 1.165) is 12.8 Å². The Kier molecular flexibility index (Phi) is 4.12. The quantitative estimate of drug-likeness (QED) is 0.851. The van der Waals surface area contributed by atoms with E-state index in [0.29, 0.717) is 16.9 Å². The van der Waals surface area contributed by atoms with Gasteiger partial charge in [0.1, 0.15) is 10.3 Å². The lowest BCUT2D eigenvalue weighted by Gasteiger charge is -2.27. The fraction of sp³-hybridized carbons (Fsp3) is 0.500. The maximum Gasteiger partial charge on any atom is 0.270 e. The molecule has 17 heavy (non-hydrogen) atoms. The minimum absolute atomic E-state index is 0.120. The van der Waals surface area contributed by atoms with E-state index < -0.39 is 0 Å². The Morgan fingerprint density at radius 1 is 1.59 bits per heavy atom. The molecule has 1 saturated heterocycles. The van der Waals surface area contributed by atoms with Crippen LogP contribution in [0, 0.1) is 0 Å². The second-order valence-electron chi connectivity index (χ2n) is 4.22. The summed E-state index contributed by atoms with van der Waals surface area (Å²) < 4.78 is 6.11. The third-order valence-corrected chi connectivity index (χ3v) is 3.21. The van der Waals surface area contributed by atoms with Crippen molar-refractivity contribution in [3.8, 4) is 0 Å². The number of nitrogens with one attached hydrogen (secondary N) is 1. The largest absolute Gasteiger partial charge is 0.378 e. The zero-order valence-electron chi connectivity index (χ0n) is 9.65. The number of hydrogen-bond donors (Lipinski definition) is 1. The molecule has 4 nitrogen and oxygen atoms in total. The van der Waals surface area contributed by atoms with Crippen molar-refractivity contribution in [3.63, 3.8) is 0 Å². The van der Waals surface area contributed by atoms with Crippen LogP contribution in [0.25, 0.3) is 0 Å². The lowest BCUT2D eigenvalue weighted by Crippen LogP contribution is -2.41. The summed E-state index contributed by atoms with van der Waals surface area (Å²) in [7, 11) is 0. The van der Waals surface area contributed by atoms with Crippen molar-refractivity contribution in [2.45, 2.75) is 31.9 Å². The fourth-order valence-corrected chi connectivity index (χ4v) is 2.27. The summed E-state index contributed by atoms with van der Waals surface area (Å²) in [4.78, 5) is 16.1. The zero-order chi connectivity index (χ0) is 12.3. The van der Waals surface area contributed by atoms with E-state index in [9.17, 15) is 4.79 Å². The van der Waals surface area contributed by atoms with Crippen LogP contribution >= 0.6 is 15.9 Å². The molecule has 2 rings (SSSR count). The topological polar surface area (TPSA) is 51.2 Å². The van der Waals surface area contributed by atoms with Crippen molar-refractivity contribution in [2.75, 3.05) is 6.61 Å². The smallest absolute Gasteiger partial charge is 0.270 e. The molecule has 1 N–H and O–H groups in total. The molecule has 1 amide bonds. The van der Waals surface area contributed by atoms with Gasteiger partial charge in [-0.1, -0.05) is 6.07 Å². The van der Waals surface area contributed by atoms with Crippen LogP contribution in [-0.4, -0.2) is 29.6 Å². The Morgan fingerprint density at radius 2 is 2.41 bits per heavy atom. The maximum atomic E-state index is 11.9. The summed E-state index contributed by atoms with van der Waals surface area (Å²) in [6.45, 7) is 2.73. The first-order valence-electron chi connectivity index (χ1n) is 5.70. The molecule has 1 aromatic rings. The average Bonchev–Trinajstić information content (AvgIpc) is 2.29. The van der Waals surface area contributed by atoms with Gasteiger partial charge in [-0.3, -0.25) is 4.79 Å².